The van der Waals surface area contributed by atoms with Gasteiger partial charge >= 0.3 is 0 Å². The Balaban J connectivity index is 1.98. The minimum atomic E-state index is 0.0629. The molecule has 0 saturated carbocycles. The van der Waals surface area contributed by atoms with Gasteiger partial charge in [-0.05, 0) is 25.8 Å². The lowest BCUT2D eigenvalue weighted by Crippen LogP contribution is -2.43. The van der Waals surface area contributed by atoms with Crippen molar-refractivity contribution in [1.82, 2.24) is 10.2 Å². The predicted octanol–water partition coefficient (Wildman–Crippen LogP) is 1.61. The lowest BCUT2D eigenvalue weighted by Gasteiger charge is -2.35. The van der Waals surface area contributed by atoms with E-state index in [9.17, 15) is 4.79 Å². The van der Waals surface area contributed by atoms with E-state index in [0.29, 0.717) is 13.0 Å². The summed E-state index contributed by atoms with van der Waals surface area (Å²) in [6, 6.07) is 8.82. The largest absolute Gasteiger partial charge is 0.379 e. The summed E-state index contributed by atoms with van der Waals surface area (Å²) < 4.78 is 5.45. The minimum Gasteiger partial charge on any atom is -0.379 e. The highest BCUT2D eigenvalue weighted by molar-refractivity contribution is 5.75. The lowest BCUT2D eigenvalue weighted by atomic mass is 10.0. The van der Waals surface area contributed by atoms with Crippen LogP contribution in [0.25, 0.3) is 0 Å². The molecule has 2 rings (SSSR count). The van der Waals surface area contributed by atoms with Gasteiger partial charge in [-0.1, -0.05) is 29.8 Å². The van der Waals surface area contributed by atoms with Crippen LogP contribution < -0.4 is 11.1 Å². The zero-order chi connectivity index (χ0) is 16.7. The van der Waals surface area contributed by atoms with Gasteiger partial charge in [-0.15, -0.1) is 0 Å². The van der Waals surface area contributed by atoms with Gasteiger partial charge in [0.05, 0.1) is 19.3 Å². The van der Waals surface area contributed by atoms with Crippen LogP contribution in [0.2, 0.25) is 0 Å². The minimum absolute atomic E-state index is 0.0629. The SMILES string of the molecule is Cc1ccc(C(CNC(=O)CCC(C)N)N2CCOCC2)cc1. The average molecular weight is 319 g/mol. The number of rotatable bonds is 7. The van der Waals surface area contributed by atoms with Gasteiger partial charge in [0.1, 0.15) is 0 Å². The van der Waals surface area contributed by atoms with Crippen molar-refractivity contribution >= 4 is 5.91 Å². The third-order valence-electron chi connectivity index (χ3n) is 4.27. The third kappa shape index (κ3) is 5.94. The van der Waals surface area contributed by atoms with Gasteiger partial charge in [0.2, 0.25) is 5.91 Å². The number of ether oxygens (including phenoxy) is 1. The van der Waals surface area contributed by atoms with Crippen molar-refractivity contribution < 1.29 is 9.53 Å². The molecule has 0 aromatic heterocycles. The van der Waals surface area contributed by atoms with E-state index in [1.54, 1.807) is 0 Å². The van der Waals surface area contributed by atoms with Crippen LogP contribution in [0, 0.1) is 6.92 Å². The van der Waals surface area contributed by atoms with Crippen molar-refractivity contribution in [3.05, 3.63) is 35.4 Å². The van der Waals surface area contributed by atoms with Gasteiger partial charge in [-0.2, -0.15) is 0 Å². The Kier molecular flexibility index (Phi) is 7.02. The van der Waals surface area contributed by atoms with Crippen LogP contribution in [0.15, 0.2) is 24.3 Å². The van der Waals surface area contributed by atoms with Gasteiger partial charge in [0.25, 0.3) is 0 Å². The smallest absolute Gasteiger partial charge is 0.220 e. The van der Waals surface area contributed by atoms with Crippen molar-refractivity contribution in [2.45, 2.75) is 38.8 Å². The molecule has 0 aliphatic carbocycles. The predicted molar refractivity (Wildman–Crippen MR) is 92.2 cm³/mol. The molecule has 5 nitrogen and oxygen atoms in total. The number of benzene rings is 1. The van der Waals surface area contributed by atoms with Gasteiger partial charge in [0.15, 0.2) is 0 Å². The molecular weight excluding hydrogens is 290 g/mol. The van der Waals surface area contributed by atoms with Gasteiger partial charge in [-0.25, -0.2) is 0 Å². The van der Waals surface area contributed by atoms with Crippen LogP contribution in [0.1, 0.15) is 36.9 Å². The fourth-order valence-corrected chi connectivity index (χ4v) is 2.79. The quantitative estimate of drug-likeness (QED) is 0.801. The van der Waals surface area contributed by atoms with Crippen molar-refractivity contribution in [3.63, 3.8) is 0 Å². The lowest BCUT2D eigenvalue weighted by molar-refractivity contribution is -0.121. The normalized spacial score (nSPS) is 18.4. The molecule has 128 valence electrons. The van der Waals surface area contributed by atoms with Crippen molar-refractivity contribution in [2.75, 3.05) is 32.8 Å². The summed E-state index contributed by atoms with van der Waals surface area (Å²) in [5.41, 5.74) is 8.20. The Bertz CT molecular complexity index is 482. The molecule has 0 radical (unpaired) electrons. The summed E-state index contributed by atoms with van der Waals surface area (Å²) in [4.78, 5) is 14.4. The molecule has 0 bridgehead atoms. The number of carbonyl (C=O) groups excluding carboxylic acids is 1. The molecule has 23 heavy (non-hydrogen) atoms. The Labute approximate surface area is 139 Å². The fourth-order valence-electron chi connectivity index (χ4n) is 2.79. The van der Waals surface area contributed by atoms with Gasteiger partial charge < -0.3 is 15.8 Å². The molecule has 1 heterocycles. The summed E-state index contributed by atoms with van der Waals surface area (Å²) in [5, 5.41) is 3.07. The molecule has 2 unspecified atom stereocenters. The first kappa shape index (κ1) is 17.9. The molecule has 3 N–H and O–H groups in total. The molecule has 1 fully saturated rings. The molecule has 1 aliphatic rings. The maximum Gasteiger partial charge on any atom is 0.220 e. The Morgan fingerprint density at radius 3 is 2.57 bits per heavy atom. The second-order valence-electron chi connectivity index (χ2n) is 6.39. The Hall–Kier alpha value is -1.43. The van der Waals surface area contributed by atoms with E-state index in [0.717, 1.165) is 32.7 Å². The van der Waals surface area contributed by atoms with E-state index >= 15 is 0 Å². The molecule has 0 spiro atoms. The second-order valence-corrected chi connectivity index (χ2v) is 6.39. The van der Waals surface area contributed by atoms with Crippen LogP contribution in [0.3, 0.4) is 0 Å². The first-order valence-electron chi connectivity index (χ1n) is 8.47. The average Bonchev–Trinajstić information content (AvgIpc) is 2.55. The van der Waals surface area contributed by atoms with Gasteiger partial charge in [0, 0.05) is 32.1 Å². The number of nitrogens with two attached hydrogens (primary N) is 1. The van der Waals surface area contributed by atoms with Crippen LogP contribution in [0.5, 0.6) is 0 Å². The van der Waals surface area contributed by atoms with E-state index in [2.05, 4.69) is 41.4 Å². The highest BCUT2D eigenvalue weighted by atomic mass is 16.5. The van der Waals surface area contributed by atoms with Crippen LogP contribution in [0.4, 0.5) is 0 Å². The van der Waals surface area contributed by atoms with Crippen molar-refractivity contribution in [2.24, 2.45) is 5.73 Å². The van der Waals surface area contributed by atoms with E-state index < -0.39 is 0 Å². The van der Waals surface area contributed by atoms with Crippen LogP contribution in [-0.4, -0.2) is 49.7 Å². The van der Waals surface area contributed by atoms with Crippen molar-refractivity contribution in [1.29, 1.82) is 0 Å². The Morgan fingerprint density at radius 1 is 1.30 bits per heavy atom. The standard InChI is InChI=1S/C18H29N3O2/c1-14-3-6-16(7-4-14)17(21-9-11-23-12-10-21)13-20-18(22)8-5-15(2)19/h3-4,6-7,15,17H,5,8-13,19H2,1-2H3,(H,20,22). The maximum absolute atomic E-state index is 12.0. The highest BCUT2D eigenvalue weighted by Gasteiger charge is 2.23. The summed E-state index contributed by atoms with van der Waals surface area (Å²) in [5.74, 6) is 0.0765. The number of amides is 1. The fraction of sp³-hybridized carbons (Fsp3) is 0.611. The van der Waals surface area contributed by atoms with Crippen LogP contribution >= 0.6 is 0 Å². The first-order valence-corrected chi connectivity index (χ1v) is 8.47. The monoisotopic (exact) mass is 319 g/mol. The van der Waals surface area contributed by atoms with Crippen LogP contribution in [-0.2, 0) is 9.53 Å². The summed E-state index contributed by atoms with van der Waals surface area (Å²) in [7, 11) is 0. The molecule has 5 heteroatoms. The van der Waals surface area contributed by atoms with Gasteiger partial charge in [-0.3, -0.25) is 9.69 Å². The van der Waals surface area contributed by atoms with E-state index in [1.165, 1.54) is 11.1 Å². The number of hydrogen-bond acceptors (Lipinski definition) is 4. The van der Waals surface area contributed by atoms with E-state index in [4.69, 9.17) is 10.5 Å². The molecule has 1 aromatic rings. The molecule has 2 atom stereocenters. The van der Waals surface area contributed by atoms with E-state index in [1.807, 2.05) is 6.92 Å². The molecule has 1 amide bonds. The highest BCUT2D eigenvalue weighted by Crippen LogP contribution is 2.21. The summed E-state index contributed by atoms with van der Waals surface area (Å²) in [6.07, 6.45) is 1.21. The molecular formula is C18H29N3O2. The summed E-state index contributed by atoms with van der Waals surface area (Å²) >= 11 is 0. The maximum atomic E-state index is 12.0. The number of hydrogen-bond donors (Lipinski definition) is 2. The Morgan fingerprint density at radius 2 is 1.96 bits per heavy atom. The molecule has 1 saturated heterocycles. The molecule has 1 aromatic carbocycles. The van der Waals surface area contributed by atoms with E-state index in [-0.39, 0.29) is 18.0 Å². The second kappa shape index (κ2) is 9.01. The third-order valence-corrected chi connectivity index (χ3v) is 4.27. The first-order chi connectivity index (χ1) is 11.1. The molecule has 1 aliphatic heterocycles. The number of morpholine rings is 1. The number of nitrogens with one attached hydrogen (secondary N) is 1. The number of aryl methyl sites for hydroxylation is 1. The topological polar surface area (TPSA) is 67.6 Å². The summed E-state index contributed by atoms with van der Waals surface area (Å²) in [6.45, 7) is 7.94. The number of carbonyl (C=O) groups is 1. The number of nitrogens with zero attached hydrogens (tertiary/aromatic N) is 1. The zero-order valence-electron chi connectivity index (χ0n) is 14.3. The van der Waals surface area contributed by atoms with Crippen molar-refractivity contribution in [3.8, 4) is 0 Å². The zero-order valence-corrected chi connectivity index (χ0v) is 14.3.